The Morgan fingerprint density at radius 1 is 1.35 bits per heavy atom. The minimum atomic E-state index is -0.185. The highest BCUT2D eigenvalue weighted by atomic mass is 79.9. The van der Waals surface area contributed by atoms with Crippen molar-refractivity contribution in [3.63, 3.8) is 0 Å². The molecule has 0 unspecified atom stereocenters. The van der Waals surface area contributed by atoms with Crippen molar-refractivity contribution < 1.29 is 4.79 Å². The smallest absolute Gasteiger partial charge is 0.258 e. The molecule has 6 heteroatoms. The van der Waals surface area contributed by atoms with Gasteiger partial charge in [0.05, 0.1) is 15.7 Å². The molecular formula is C14H14BrN3OS. The summed E-state index contributed by atoms with van der Waals surface area (Å²) in [6.07, 6.45) is 4.49. The Kier molecular flexibility index (Phi) is 3.76. The van der Waals surface area contributed by atoms with Crippen molar-refractivity contribution >= 4 is 44.0 Å². The van der Waals surface area contributed by atoms with Crippen molar-refractivity contribution in [1.29, 1.82) is 0 Å². The second kappa shape index (κ2) is 5.54. The van der Waals surface area contributed by atoms with Crippen LogP contribution in [0.2, 0.25) is 0 Å². The van der Waals surface area contributed by atoms with E-state index >= 15 is 0 Å². The van der Waals surface area contributed by atoms with Gasteiger partial charge in [0.25, 0.3) is 5.91 Å². The number of rotatable bonds is 2. The molecule has 0 bridgehead atoms. The molecule has 1 aromatic carbocycles. The van der Waals surface area contributed by atoms with Gasteiger partial charge in [0.1, 0.15) is 0 Å². The first-order valence-corrected chi connectivity index (χ1v) is 8.10. The molecule has 0 saturated carbocycles. The summed E-state index contributed by atoms with van der Waals surface area (Å²) in [7, 11) is 0. The molecule has 3 rings (SSSR count). The Morgan fingerprint density at radius 3 is 2.95 bits per heavy atom. The number of benzene rings is 1. The molecule has 104 valence electrons. The summed E-state index contributed by atoms with van der Waals surface area (Å²) in [6.45, 7) is 0. The van der Waals surface area contributed by atoms with Crippen molar-refractivity contribution in [2.24, 2.45) is 0 Å². The third kappa shape index (κ3) is 2.58. The number of thiazole rings is 1. The molecule has 0 aliphatic heterocycles. The van der Waals surface area contributed by atoms with Crippen LogP contribution in [0.5, 0.6) is 0 Å². The number of aryl methyl sites for hydroxylation is 2. The van der Waals surface area contributed by atoms with E-state index in [0.717, 1.165) is 18.5 Å². The molecule has 1 amide bonds. The van der Waals surface area contributed by atoms with E-state index in [1.807, 2.05) is 0 Å². The lowest BCUT2D eigenvalue weighted by Gasteiger charge is -2.06. The standard InChI is InChI=1S/C14H14BrN3OS/c15-12-8(4-3-5-9(12)16)13(19)18-14-17-10-6-1-2-7-11(10)20-14/h3-5H,1-2,6-7,16H2,(H,17,18,19). The Balaban J connectivity index is 1.82. The number of nitrogens with zero attached hydrogens (tertiary/aromatic N) is 1. The molecule has 0 fully saturated rings. The van der Waals surface area contributed by atoms with Crippen LogP contribution in [0.1, 0.15) is 33.8 Å². The number of nitrogen functional groups attached to an aromatic ring is 1. The van der Waals surface area contributed by atoms with E-state index in [2.05, 4.69) is 26.2 Å². The Bertz CT molecular complexity index is 645. The monoisotopic (exact) mass is 351 g/mol. The lowest BCUT2D eigenvalue weighted by Crippen LogP contribution is -2.13. The second-order valence-corrected chi connectivity index (χ2v) is 6.64. The van der Waals surface area contributed by atoms with Crippen LogP contribution in [-0.4, -0.2) is 10.9 Å². The average molecular weight is 352 g/mol. The number of nitrogens with two attached hydrogens (primary N) is 1. The molecule has 0 saturated heterocycles. The van der Waals surface area contributed by atoms with Gasteiger partial charge in [-0.15, -0.1) is 11.3 Å². The molecule has 1 heterocycles. The van der Waals surface area contributed by atoms with Crippen LogP contribution in [0.25, 0.3) is 0 Å². The molecule has 2 aromatic rings. The van der Waals surface area contributed by atoms with Crippen LogP contribution >= 0.6 is 27.3 Å². The van der Waals surface area contributed by atoms with Gasteiger partial charge in [0.15, 0.2) is 5.13 Å². The number of anilines is 2. The molecule has 0 spiro atoms. The summed E-state index contributed by atoms with van der Waals surface area (Å²) < 4.78 is 0.624. The molecule has 1 aliphatic carbocycles. The second-order valence-electron chi connectivity index (χ2n) is 4.76. The van der Waals surface area contributed by atoms with Gasteiger partial charge in [-0.1, -0.05) is 6.07 Å². The number of amides is 1. The first-order chi connectivity index (χ1) is 9.65. The van der Waals surface area contributed by atoms with Crippen LogP contribution in [0, 0.1) is 0 Å². The van der Waals surface area contributed by atoms with Crippen LogP contribution in [-0.2, 0) is 12.8 Å². The van der Waals surface area contributed by atoms with E-state index in [9.17, 15) is 4.79 Å². The fourth-order valence-electron chi connectivity index (χ4n) is 2.30. The normalized spacial score (nSPS) is 13.8. The topological polar surface area (TPSA) is 68.0 Å². The SMILES string of the molecule is Nc1cccc(C(=O)Nc2nc3c(s2)CCCC3)c1Br. The minimum Gasteiger partial charge on any atom is -0.398 e. The summed E-state index contributed by atoms with van der Waals surface area (Å²) in [5.74, 6) is -0.185. The van der Waals surface area contributed by atoms with E-state index in [1.54, 1.807) is 29.5 Å². The van der Waals surface area contributed by atoms with Crippen molar-refractivity contribution in [2.75, 3.05) is 11.1 Å². The van der Waals surface area contributed by atoms with E-state index in [0.29, 0.717) is 20.9 Å². The van der Waals surface area contributed by atoms with Crippen molar-refractivity contribution in [1.82, 2.24) is 4.98 Å². The zero-order valence-electron chi connectivity index (χ0n) is 10.8. The molecule has 3 N–H and O–H groups in total. The average Bonchev–Trinajstić information content (AvgIpc) is 2.83. The predicted molar refractivity (Wildman–Crippen MR) is 85.3 cm³/mol. The maximum Gasteiger partial charge on any atom is 0.258 e. The van der Waals surface area contributed by atoms with Gasteiger partial charge < -0.3 is 5.73 Å². The number of aromatic nitrogens is 1. The maximum atomic E-state index is 12.3. The van der Waals surface area contributed by atoms with Crippen molar-refractivity contribution in [2.45, 2.75) is 25.7 Å². The van der Waals surface area contributed by atoms with Crippen LogP contribution in [0.3, 0.4) is 0 Å². The van der Waals surface area contributed by atoms with Crippen molar-refractivity contribution in [3.05, 3.63) is 38.8 Å². The van der Waals surface area contributed by atoms with E-state index < -0.39 is 0 Å². The van der Waals surface area contributed by atoms with Gasteiger partial charge in [-0.3, -0.25) is 10.1 Å². The first kappa shape index (κ1) is 13.6. The fraction of sp³-hybridized carbons (Fsp3) is 0.286. The third-order valence-electron chi connectivity index (χ3n) is 3.34. The Labute approximate surface area is 129 Å². The lowest BCUT2D eigenvalue weighted by atomic mass is 10.0. The number of halogens is 1. The van der Waals surface area contributed by atoms with Crippen LogP contribution < -0.4 is 11.1 Å². The summed E-state index contributed by atoms with van der Waals surface area (Å²) >= 11 is 4.93. The summed E-state index contributed by atoms with van der Waals surface area (Å²) in [5.41, 5.74) is 8.01. The van der Waals surface area contributed by atoms with Gasteiger partial charge >= 0.3 is 0 Å². The number of hydrogen-bond donors (Lipinski definition) is 2. The molecular weight excluding hydrogens is 338 g/mol. The van der Waals surface area contributed by atoms with Crippen LogP contribution in [0.15, 0.2) is 22.7 Å². The molecule has 1 aliphatic rings. The predicted octanol–water partition coefficient (Wildman–Crippen LogP) is 3.62. The third-order valence-corrected chi connectivity index (χ3v) is 5.30. The van der Waals surface area contributed by atoms with E-state index in [1.165, 1.54) is 17.7 Å². The number of carbonyl (C=O) groups is 1. The number of hydrogen-bond acceptors (Lipinski definition) is 4. The van der Waals surface area contributed by atoms with Gasteiger partial charge in [-0.05, 0) is 53.7 Å². The quantitative estimate of drug-likeness (QED) is 0.812. The van der Waals surface area contributed by atoms with Gasteiger partial charge in [0.2, 0.25) is 0 Å². The largest absolute Gasteiger partial charge is 0.398 e. The molecule has 0 radical (unpaired) electrons. The number of carbonyl (C=O) groups excluding carboxylic acids is 1. The lowest BCUT2D eigenvalue weighted by molar-refractivity contribution is 0.102. The Morgan fingerprint density at radius 2 is 2.15 bits per heavy atom. The molecule has 0 atom stereocenters. The molecule has 4 nitrogen and oxygen atoms in total. The zero-order chi connectivity index (χ0) is 14.1. The zero-order valence-corrected chi connectivity index (χ0v) is 13.2. The van der Waals surface area contributed by atoms with Crippen LogP contribution in [0.4, 0.5) is 10.8 Å². The molecule has 20 heavy (non-hydrogen) atoms. The van der Waals surface area contributed by atoms with E-state index in [4.69, 9.17) is 5.73 Å². The maximum absolute atomic E-state index is 12.3. The number of nitrogens with one attached hydrogen (secondary N) is 1. The number of fused-ring (bicyclic) bond motifs is 1. The Hall–Kier alpha value is -1.40. The first-order valence-electron chi connectivity index (χ1n) is 6.49. The summed E-state index contributed by atoms with van der Waals surface area (Å²) in [5, 5.41) is 3.54. The fourth-order valence-corrected chi connectivity index (χ4v) is 3.78. The van der Waals surface area contributed by atoms with Gasteiger partial charge in [-0.25, -0.2) is 4.98 Å². The highest BCUT2D eigenvalue weighted by Gasteiger charge is 2.18. The van der Waals surface area contributed by atoms with Gasteiger partial charge in [-0.2, -0.15) is 0 Å². The molecule has 1 aromatic heterocycles. The van der Waals surface area contributed by atoms with E-state index in [-0.39, 0.29) is 5.91 Å². The highest BCUT2D eigenvalue weighted by molar-refractivity contribution is 9.10. The summed E-state index contributed by atoms with van der Waals surface area (Å²) in [4.78, 5) is 18.1. The summed E-state index contributed by atoms with van der Waals surface area (Å²) in [6, 6.07) is 5.26. The minimum absolute atomic E-state index is 0.185. The highest BCUT2D eigenvalue weighted by Crippen LogP contribution is 2.30. The van der Waals surface area contributed by atoms with Gasteiger partial charge in [0, 0.05) is 10.6 Å². The van der Waals surface area contributed by atoms with Crippen molar-refractivity contribution in [3.8, 4) is 0 Å².